The molecule has 1 aromatic carbocycles. The van der Waals surface area contributed by atoms with E-state index in [1.165, 1.54) is 11.3 Å². The summed E-state index contributed by atoms with van der Waals surface area (Å²) in [6.07, 6.45) is 1.70. The third kappa shape index (κ3) is 5.21. The van der Waals surface area contributed by atoms with E-state index >= 15 is 0 Å². The minimum absolute atomic E-state index is 0.293. The molecular weight excluding hydrogens is 384 g/mol. The average molecular weight is 407 g/mol. The van der Waals surface area contributed by atoms with Crippen LogP contribution in [0.15, 0.2) is 36.9 Å². The Labute approximate surface area is 168 Å². The van der Waals surface area contributed by atoms with Crippen LogP contribution < -0.4 is 20.1 Å². The number of methoxy groups -OCH3 is 2. The van der Waals surface area contributed by atoms with Crippen LogP contribution in [0.5, 0.6) is 11.5 Å². The van der Waals surface area contributed by atoms with Crippen molar-refractivity contribution in [2.24, 2.45) is 0 Å². The normalized spacial score (nSPS) is 10.0. The van der Waals surface area contributed by atoms with E-state index in [4.69, 9.17) is 26.4 Å². The number of hydrogen-bond donors (Lipinski definition) is 2. The van der Waals surface area contributed by atoms with Crippen molar-refractivity contribution < 1.29 is 19.0 Å². The Morgan fingerprint density at radius 3 is 2.63 bits per heavy atom. The molecule has 0 aliphatic carbocycles. The monoisotopic (exact) mass is 406 g/mol. The molecule has 1 aromatic heterocycles. The van der Waals surface area contributed by atoms with Gasteiger partial charge in [0, 0.05) is 11.4 Å². The van der Waals surface area contributed by atoms with Crippen molar-refractivity contribution in [2.45, 2.75) is 6.92 Å². The van der Waals surface area contributed by atoms with Gasteiger partial charge in [-0.1, -0.05) is 6.08 Å². The number of carbonyl (C=O) groups excluding carboxylic acids is 1. The van der Waals surface area contributed by atoms with Crippen molar-refractivity contribution >= 4 is 40.3 Å². The lowest BCUT2D eigenvalue weighted by Gasteiger charge is -2.09. The summed E-state index contributed by atoms with van der Waals surface area (Å²) >= 11 is 6.57. The summed E-state index contributed by atoms with van der Waals surface area (Å²) in [6, 6.07) is 7.44. The number of carbonyl (C=O) groups is 1. The van der Waals surface area contributed by atoms with Gasteiger partial charge in [-0.05, 0) is 49.0 Å². The van der Waals surface area contributed by atoms with Crippen molar-refractivity contribution in [3.8, 4) is 21.9 Å². The van der Waals surface area contributed by atoms with Gasteiger partial charge in [0.1, 0.15) is 4.88 Å². The number of anilines is 1. The third-order valence-corrected chi connectivity index (χ3v) is 4.93. The quantitative estimate of drug-likeness (QED) is 0.389. The predicted molar refractivity (Wildman–Crippen MR) is 113 cm³/mol. The lowest BCUT2D eigenvalue weighted by atomic mass is 10.1. The number of nitrogens with one attached hydrogen (secondary N) is 2. The zero-order chi connectivity index (χ0) is 19.8. The van der Waals surface area contributed by atoms with Gasteiger partial charge < -0.3 is 24.8 Å². The van der Waals surface area contributed by atoms with E-state index in [-0.39, 0.29) is 0 Å². The molecule has 2 aromatic rings. The molecule has 27 heavy (non-hydrogen) atoms. The first-order valence-electron chi connectivity index (χ1n) is 8.23. The van der Waals surface area contributed by atoms with Crippen LogP contribution in [-0.2, 0) is 4.74 Å². The first-order valence-corrected chi connectivity index (χ1v) is 9.45. The van der Waals surface area contributed by atoms with Crippen LogP contribution in [0.2, 0.25) is 0 Å². The van der Waals surface area contributed by atoms with Crippen LogP contribution in [0.4, 0.5) is 5.69 Å². The summed E-state index contributed by atoms with van der Waals surface area (Å²) in [6.45, 7) is 6.22. The fourth-order valence-electron chi connectivity index (χ4n) is 2.30. The number of rotatable bonds is 8. The fourth-order valence-corrected chi connectivity index (χ4v) is 3.49. The van der Waals surface area contributed by atoms with Crippen LogP contribution in [0, 0.1) is 0 Å². The van der Waals surface area contributed by atoms with Gasteiger partial charge in [-0.3, -0.25) is 0 Å². The SMILES string of the molecule is C=CCNC(=S)Nc1cc(-c2ccc(OC)c(OC)c2)sc1C(=O)OCC. The van der Waals surface area contributed by atoms with Gasteiger partial charge in [-0.25, -0.2) is 4.79 Å². The van der Waals surface area contributed by atoms with E-state index in [2.05, 4.69) is 17.2 Å². The van der Waals surface area contributed by atoms with Gasteiger partial charge in [-0.2, -0.15) is 0 Å². The van der Waals surface area contributed by atoms with Crippen LogP contribution in [-0.4, -0.2) is 38.5 Å². The van der Waals surface area contributed by atoms with Crippen LogP contribution >= 0.6 is 23.6 Å². The Morgan fingerprint density at radius 2 is 2.00 bits per heavy atom. The molecule has 0 spiro atoms. The van der Waals surface area contributed by atoms with Gasteiger partial charge in [0.2, 0.25) is 0 Å². The van der Waals surface area contributed by atoms with Crippen molar-refractivity contribution in [1.82, 2.24) is 5.32 Å². The molecule has 0 saturated heterocycles. The average Bonchev–Trinajstić information content (AvgIpc) is 3.09. The maximum absolute atomic E-state index is 12.4. The standard InChI is InChI=1S/C19H22N2O4S2/c1-5-9-20-19(26)21-13-11-16(27-17(13)18(22)25-6-2)12-7-8-14(23-3)15(10-12)24-4/h5,7-8,10-11H,1,6,9H2,2-4H3,(H2,20,21,26). The topological polar surface area (TPSA) is 68.8 Å². The summed E-state index contributed by atoms with van der Waals surface area (Å²) in [7, 11) is 3.16. The minimum Gasteiger partial charge on any atom is -0.493 e. The number of benzene rings is 1. The van der Waals surface area contributed by atoms with Crippen LogP contribution in [0.3, 0.4) is 0 Å². The zero-order valence-electron chi connectivity index (χ0n) is 15.5. The molecule has 0 aliphatic heterocycles. The second-order valence-corrected chi connectivity index (χ2v) is 6.73. The van der Waals surface area contributed by atoms with E-state index in [1.807, 2.05) is 24.3 Å². The molecule has 144 valence electrons. The highest BCUT2D eigenvalue weighted by Gasteiger charge is 2.20. The van der Waals surface area contributed by atoms with Crippen molar-refractivity contribution in [1.29, 1.82) is 0 Å². The Bertz CT molecular complexity index is 833. The predicted octanol–water partition coefficient (Wildman–Crippen LogP) is 4.08. The second kappa shape index (κ2) is 9.94. The Balaban J connectivity index is 2.40. The summed E-state index contributed by atoms with van der Waals surface area (Å²) in [5.74, 6) is 0.846. The molecule has 2 rings (SSSR count). The maximum Gasteiger partial charge on any atom is 0.350 e. The third-order valence-electron chi connectivity index (χ3n) is 3.52. The first-order chi connectivity index (χ1) is 13.0. The highest BCUT2D eigenvalue weighted by atomic mass is 32.1. The molecule has 0 fully saturated rings. The Hall–Kier alpha value is -2.58. The maximum atomic E-state index is 12.4. The van der Waals surface area contributed by atoms with Crippen LogP contribution in [0.25, 0.3) is 10.4 Å². The first kappa shape index (κ1) is 20.7. The van der Waals surface area contributed by atoms with Crippen molar-refractivity contribution in [2.75, 3.05) is 32.7 Å². The number of ether oxygens (including phenoxy) is 3. The van der Waals surface area contributed by atoms with E-state index in [0.717, 1.165) is 10.4 Å². The molecule has 0 radical (unpaired) electrons. The van der Waals surface area contributed by atoms with Gasteiger partial charge >= 0.3 is 5.97 Å². The molecule has 0 amide bonds. The highest BCUT2D eigenvalue weighted by Crippen LogP contribution is 2.39. The van der Waals surface area contributed by atoms with E-state index in [9.17, 15) is 4.79 Å². The van der Waals surface area contributed by atoms with E-state index in [1.54, 1.807) is 27.2 Å². The van der Waals surface area contributed by atoms with Gasteiger partial charge in [0.05, 0.1) is 26.5 Å². The fraction of sp³-hybridized carbons (Fsp3) is 0.263. The number of esters is 1. The van der Waals surface area contributed by atoms with E-state index < -0.39 is 5.97 Å². The molecule has 8 heteroatoms. The van der Waals surface area contributed by atoms with Gasteiger partial charge in [0.15, 0.2) is 16.6 Å². The summed E-state index contributed by atoms with van der Waals surface area (Å²) in [4.78, 5) is 13.7. The molecule has 2 N–H and O–H groups in total. The van der Waals surface area contributed by atoms with Crippen molar-refractivity contribution in [3.63, 3.8) is 0 Å². The molecule has 1 heterocycles. The summed E-state index contributed by atoms with van der Waals surface area (Å²) in [5, 5.41) is 6.43. The minimum atomic E-state index is -0.400. The Morgan fingerprint density at radius 1 is 1.26 bits per heavy atom. The Kier molecular flexibility index (Phi) is 7.63. The second-order valence-electron chi connectivity index (χ2n) is 5.27. The molecular formula is C19H22N2O4S2. The smallest absolute Gasteiger partial charge is 0.350 e. The van der Waals surface area contributed by atoms with Crippen molar-refractivity contribution in [3.05, 3.63) is 41.8 Å². The van der Waals surface area contributed by atoms with Gasteiger partial charge in [0.25, 0.3) is 0 Å². The summed E-state index contributed by atoms with van der Waals surface area (Å²) in [5.41, 5.74) is 1.48. The van der Waals surface area contributed by atoms with Gasteiger partial charge in [-0.15, -0.1) is 17.9 Å². The largest absolute Gasteiger partial charge is 0.493 e. The molecule has 6 nitrogen and oxygen atoms in total. The molecule has 0 saturated carbocycles. The van der Waals surface area contributed by atoms with Crippen LogP contribution in [0.1, 0.15) is 16.6 Å². The highest BCUT2D eigenvalue weighted by molar-refractivity contribution is 7.80. The number of thiophene rings is 1. The lowest BCUT2D eigenvalue weighted by molar-refractivity contribution is 0.0533. The summed E-state index contributed by atoms with van der Waals surface area (Å²) < 4.78 is 15.8. The lowest BCUT2D eigenvalue weighted by Crippen LogP contribution is -2.28. The number of thiocarbonyl (C=S) groups is 1. The molecule has 0 atom stereocenters. The van der Waals surface area contributed by atoms with E-state index in [0.29, 0.717) is 40.3 Å². The molecule has 0 bridgehead atoms. The molecule has 0 unspecified atom stereocenters. The number of hydrogen-bond acceptors (Lipinski definition) is 6. The zero-order valence-corrected chi connectivity index (χ0v) is 17.1. The molecule has 0 aliphatic rings.